The summed E-state index contributed by atoms with van der Waals surface area (Å²) in [6.45, 7) is 0. The van der Waals surface area contributed by atoms with Gasteiger partial charge in [0.2, 0.25) is 0 Å². The molecule has 0 atom stereocenters. The van der Waals surface area contributed by atoms with Gasteiger partial charge in [-0.25, -0.2) is 0 Å². The van der Waals surface area contributed by atoms with Crippen LogP contribution in [-0.2, 0) is 0 Å². The maximum absolute atomic E-state index is 5.82. The van der Waals surface area contributed by atoms with E-state index in [1.165, 1.54) is 0 Å². The fourth-order valence-electron chi connectivity index (χ4n) is 0.907. The fourth-order valence-corrected chi connectivity index (χ4v) is 2.86. The van der Waals surface area contributed by atoms with Gasteiger partial charge in [-0.15, -0.1) is 23.4 Å². The highest BCUT2D eigenvalue weighted by molar-refractivity contribution is 9.10. The molecule has 0 unspecified atom stereocenters. The Balaban J connectivity index is 2.64. The van der Waals surface area contributed by atoms with E-state index in [0.29, 0.717) is 5.88 Å². The number of nitrogen functional groups attached to an aromatic ring is 1. The molecule has 2 N–H and O–H groups in total. The minimum atomic E-state index is 0.706. The van der Waals surface area contributed by atoms with Crippen LogP contribution in [0.25, 0.3) is 0 Å². The van der Waals surface area contributed by atoms with E-state index in [1.807, 2.05) is 18.2 Å². The number of halogens is 2. The topological polar surface area (TPSA) is 26.0 Å². The van der Waals surface area contributed by atoms with Crippen LogP contribution in [0.3, 0.4) is 0 Å². The van der Waals surface area contributed by atoms with Gasteiger partial charge in [0.1, 0.15) is 0 Å². The largest absolute Gasteiger partial charge is 0.398 e. The van der Waals surface area contributed by atoms with Gasteiger partial charge in [0.15, 0.2) is 0 Å². The number of thioether (sulfide) groups is 1. The van der Waals surface area contributed by atoms with Crippen LogP contribution in [0.5, 0.6) is 0 Å². The van der Waals surface area contributed by atoms with Crippen molar-refractivity contribution in [1.82, 2.24) is 0 Å². The molecule has 1 aromatic carbocycles. The molecule has 0 aliphatic carbocycles. The van der Waals surface area contributed by atoms with Crippen LogP contribution in [-0.4, -0.2) is 11.6 Å². The molecule has 1 nitrogen and oxygen atoms in total. The van der Waals surface area contributed by atoms with E-state index in [-0.39, 0.29) is 0 Å². The lowest BCUT2D eigenvalue weighted by atomic mass is 10.3. The molecule has 0 fully saturated rings. The molecule has 0 aliphatic heterocycles. The molecule has 0 spiro atoms. The van der Waals surface area contributed by atoms with Crippen LogP contribution in [0.4, 0.5) is 5.69 Å². The number of nitrogens with two attached hydrogens (primary N) is 1. The van der Waals surface area contributed by atoms with Crippen LogP contribution in [0.2, 0.25) is 0 Å². The molecule has 0 aliphatic rings. The van der Waals surface area contributed by atoms with Crippen molar-refractivity contribution in [3.8, 4) is 0 Å². The quantitative estimate of drug-likeness (QED) is 0.393. The van der Waals surface area contributed by atoms with Crippen molar-refractivity contribution in [2.45, 2.75) is 11.3 Å². The molecule has 0 bridgehead atoms. The Morgan fingerprint density at radius 2 is 2.23 bits per heavy atom. The molecule has 0 radical (unpaired) electrons. The van der Waals surface area contributed by atoms with Gasteiger partial charge >= 0.3 is 0 Å². The number of benzene rings is 1. The van der Waals surface area contributed by atoms with Gasteiger partial charge in [0.25, 0.3) is 0 Å². The fraction of sp³-hybridized carbons (Fsp3) is 0.333. The second-order valence-corrected chi connectivity index (χ2v) is 4.89. The summed E-state index contributed by atoms with van der Waals surface area (Å²) in [6.07, 6.45) is 1.01. The Morgan fingerprint density at radius 1 is 1.46 bits per heavy atom. The van der Waals surface area contributed by atoms with Crippen LogP contribution in [0.15, 0.2) is 27.6 Å². The summed E-state index contributed by atoms with van der Waals surface area (Å²) in [5.74, 6) is 1.72. The molecule has 0 heterocycles. The molecule has 0 saturated heterocycles. The third-order valence-corrected chi connectivity index (χ3v) is 3.95. The molecule has 0 amide bonds. The molecule has 1 rings (SSSR count). The maximum atomic E-state index is 5.82. The normalized spacial score (nSPS) is 10.3. The van der Waals surface area contributed by atoms with Crippen molar-refractivity contribution in [1.29, 1.82) is 0 Å². The third-order valence-electron chi connectivity index (χ3n) is 1.52. The predicted octanol–water partition coefficient (Wildman–Crippen LogP) is 3.75. The highest BCUT2D eigenvalue weighted by atomic mass is 79.9. The van der Waals surface area contributed by atoms with Gasteiger partial charge in [-0.1, -0.05) is 6.07 Å². The number of anilines is 1. The zero-order chi connectivity index (χ0) is 9.68. The Kier molecular flexibility index (Phi) is 4.99. The van der Waals surface area contributed by atoms with Crippen LogP contribution in [0, 0.1) is 0 Å². The lowest BCUT2D eigenvalue weighted by Crippen LogP contribution is -1.90. The summed E-state index contributed by atoms with van der Waals surface area (Å²) >= 11 is 10.8. The number of rotatable bonds is 4. The SMILES string of the molecule is Nc1cccc(Br)c1SCCCCl. The van der Waals surface area contributed by atoms with E-state index in [0.717, 1.165) is 27.2 Å². The number of alkyl halides is 1. The summed E-state index contributed by atoms with van der Waals surface area (Å²) in [5.41, 5.74) is 6.65. The van der Waals surface area contributed by atoms with Crippen LogP contribution < -0.4 is 5.73 Å². The highest BCUT2D eigenvalue weighted by Gasteiger charge is 2.03. The van der Waals surface area contributed by atoms with Gasteiger partial charge in [0, 0.05) is 20.9 Å². The minimum absolute atomic E-state index is 0.706. The van der Waals surface area contributed by atoms with E-state index >= 15 is 0 Å². The van der Waals surface area contributed by atoms with Crippen LogP contribution >= 0.6 is 39.3 Å². The third kappa shape index (κ3) is 3.41. The summed E-state index contributed by atoms with van der Waals surface area (Å²) in [5, 5.41) is 0. The molecular weight excluding hydrogens is 270 g/mol. The standard InChI is InChI=1S/C9H11BrClNS/c10-7-3-1-4-8(12)9(7)13-6-2-5-11/h1,3-4H,2,5-6,12H2. The van der Waals surface area contributed by atoms with Crippen molar-refractivity contribution >= 4 is 45.0 Å². The van der Waals surface area contributed by atoms with Gasteiger partial charge in [-0.3, -0.25) is 0 Å². The second-order valence-electron chi connectivity index (χ2n) is 2.55. The Hall–Kier alpha value is 0.140. The molecule has 0 saturated carbocycles. The van der Waals surface area contributed by atoms with Crippen molar-refractivity contribution in [2.75, 3.05) is 17.4 Å². The van der Waals surface area contributed by atoms with E-state index in [9.17, 15) is 0 Å². The molecule has 72 valence electrons. The summed E-state index contributed by atoms with van der Waals surface area (Å²) < 4.78 is 1.06. The summed E-state index contributed by atoms with van der Waals surface area (Å²) in [4.78, 5) is 1.12. The average Bonchev–Trinajstić information content (AvgIpc) is 2.10. The smallest absolute Gasteiger partial charge is 0.0463 e. The van der Waals surface area contributed by atoms with E-state index in [4.69, 9.17) is 17.3 Å². The molecule has 0 aromatic heterocycles. The number of hydrogen-bond donors (Lipinski definition) is 1. The van der Waals surface area contributed by atoms with Crippen molar-refractivity contribution < 1.29 is 0 Å². The lowest BCUT2D eigenvalue weighted by Gasteiger charge is -2.06. The predicted molar refractivity (Wildman–Crippen MR) is 64.6 cm³/mol. The van der Waals surface area contributed by atoms with Crippen molar-refractivity contribution in [3.05, 3.63) is 22.7 Å². The summed E-state index contributed by atoms with van der Waals surface area (Å²) in [7, 11) is 0. The number of hydrogen-bond acceptors (Lipinski definition) is 2. The Bertz CT molecular complexity index is 260. The Labute approximate surface area is 96.2 Å². The molecule has 13 heavy (non-hydrogen) atoms. The minimum Gasteiger partial charge on any atom is -0.398 e. The van der Waals surface area contributed by atoms with Gasteiger partial charge in [-0.2, -0.15) is 0 Å². The molecule has 1 aromatic rings. The van der Waals surface area contributed by atoms with E-state index in [2.05, 4.69) is 15.9 Å². The van der Waals surface area contributed by atoms with E-state index < -0.39 is 0 Å². The average molecular weight is 281 g/mol. The maximum Gasteiger partial charge on any atom is 0.0463 e. The second kappa shape index (κ2) is 5.78. The first-order valence-electron chi connectivity index (χ1n) is 3.98. The summed E-state index contributed by atoms with van der Waals surface area (Å²) in [6, 6.07) is 5.85. The first kappa shape index (κ1) is 11.2. The van der Waals surface area contributed by atoms with Crippen molar-refractivity contribution in [3.63, 3.8) is 0 Å². The monoisotopic (exact) mass is 279 g/mol. The van der Waals surface area contributed by atoms with Gasteiger partial charge in [0.05, 0.1) is 0 Å². The highest BCUT2D eigenvalue weighted by Crippen LogP contribution is 2.32. The van der Waals surface area contributed by atoms with Crippen molar-refractivity contribution in [2.24, 2.45) is 0 Å². The first-order chi connectivity index (χ1) is 6.25. The first-order valence-corrected chi connectivity index (χ1v) is 6.29. The lowest BCUT2D eigenvalue weighted by molar-refractivity contribution is 1.11. The zero-order valence-electron chi connectivity index (χ0n) is 7.09. The van der Waals surface area contributed by atoms with E-state index in [1.54, 1.807) is 11.8 Å². The van der Waals surface area contributed by atoms with Gasteiger partial charge in [-0.05, 0) is 40.2 Å². The Morgan fingerprint density at radius 3 is 2.85 bits per heavy atom. The van der Waals surface area contributed by atoms with Gasteiger partial charge < -0.3 is 5.73 Å². The molecular formula is C9H11BrClNS. The molecule has 4 heteroatoms. The van der Waals surface area contributed by atoms with Crippen LogP contribution in [0.1, 0.15) is 6.42 Å². The zero-order valence-corrected chi connectivity index (χ0v) is 10.3.